The number of hydrogen-bond donors (Lipinski definition) is 5. The normalized spacial score (nSPS) is 10.7. The second-order valence-electron chi connectivity index (χ2n) is 7.46. The van der Waals surface area contributed by atoms with E-state index >= 15 is 0 Å². The summed E-state index contributed by atoms with van der Waals surface area (Å²) in [7, 11) is -2.54. The number of aromatic nitrogens is 1. The molecule has 12 heteroatoms. The Morgan fingerprint density at radius 1 is 0.800 bits per heavy atom. The van der Waals surface area contributed by atoms with Crippen LogP contribution in [0.4, 0.5) is 17.1 Å². The van der Waals surface area contributed by atoms with Gasteiger partial charge in [0.25, 0.3) is 15.9 Å². The monoisotopic (exact) mass is 497 g/mol. The average molecular weight is 498 g/mol. The van der Waals surface area contributed by atoms with Gasteiger partial charge in [-0.15, -0.1) is 0 Å². The third kappa shape index (κ3) is 7.27. The lowest BCUT2D eigenvalue weighted by Crippen LogP contribution is -2.40. The maximum atomic E-state index is 12.7. The predicted molar refractivity (Wildman–Crippen MR) is 130 cm³/mol. The van der Waals surface area contributed by atoms with Crippen LogP contribution < -0.4 is 30.8 Å². The SMILES string of the molecule is CNC(=O)C(=O)NNc1ccc(NS(=O)(=O)c2ccc(NC(=O)C[n+]3ccc(C)cc3)cc2)cc1. The maximum Gasteiger partial charge on any atom is 0.327 e. The van der Waals surface area contributed by atoms with Gasteiger partial charge in [-0.05, 0) is 61.0 Å². The Balaban J connectivity index is 1.56. The second-order valence-corrected chi connectivity index (χ2v) is 9.14. The van der Waals surface area contributed by atoms with Crippen molar-refractivity contribution < 1.29 is 27.4 Å². The second kappa shape index (κ2) is 11.1. The van der Waals surface area contributed by atoms with E-state index in [2.05, 4.69) is 26.2 Å². The number of aryl methyl sites for hydroxylation is 1. The van der Waals surface area contributed by atoms with Gasteiger partial charge in [0.2, 0.25) is 6.54 Å². The molecule has 0 fully saturated rings. The number of nitrogens with zero attached hydrogens (tertiary/aromatic N) is 1. The van der Waals surface area contributed by atoms with E-state index in [1.807, 2.05) is 19.1 Å². The Hall–Kier alpha value is -4.45. The first-order chi connectivity index (χ1) is 16.7. The van der Waals surface area contributed by atoms with E-state index in [4.69, 9.17) is 0 Å². The molecule has 0 aliphatic carbocycles. The third-order valence-corrected chi connectivity index (χ3v) is 6.12. The lowest BCUT2D eigenvalue weighted by molar-refractivity contribution is -0.684. The molecule has 0 aliphatic rings. The van der Waals surface area contributed by atoms with Crippen LogP contribution in [0.1, 0.15) is 5.56 Å². The number of nitrogens with one attached hydrogen (secondary N) is 5. The van der Waals surface area contributed by atoms with Crippen LogP contribution in [0.3, 0.4) is 0 Å². The van der Waals surface area contributed by atoms with E-state index in [1.165, 1.54) is 55.6 Å². The summed E-state index contributed by atoms with van der Waals surface area (Å²) >= 11 is 0. The Morgan fingerprint density at radius 3 is 1.97 bits per heavy atom. The van der Waals surface area contributed by atoms with Crippen molar-refractivity contribution in [1.82, 2.24) is 10.7 Å². The van der Waals surface area contributed by atoms with Crippen LogP contribution in [0, 0.1) is 6.92 Å². The van der Waals surface area contributed by atoms with Crippen molar-refractivity contribution in [3.05, 3.63) is 78.6 Å². The van der Waals surface area contributed by atoms with Gasteiger partial charge in [0, 0.05) is 30.6 Å². The molecule has 1 heterocycles. The van der Waals surface area contributed by atoms with Gasteiger partial charge in [-0.25, -0.2) is 8.42 Å². The van der Waals surface area contributed by atoms with Crippen LogP contribution in [0.2, 0.25) is 0 Å². The predicted octanol–water partition coefficient (Wildman–Crippen LogP) is 0.911. The number of hydrogen-bond acceptors (Lipinski definition) is 6. The molecule has 2 aromatic carbocycles. The minimum Gasteiger partial charge on any atom is -0.351 e. The molecule has 1 aromatic heterocycles. The van der Waals surface area contributed by atoms with Crippen LogP contribution in [0.15, 0.2) is 78.0 Å². The summed E-state index contributed by atoms with van der Waals surface area (Å²) in [6.45, 7) is 2.09. The van der Waals surface area contributed by atoms with E-state index < -0.39 is 21.8 Å². The summed E-state index contributed by atoms with van der Waals surface area (Å²) in [4.78, 5) is 34.9. The molecule has 11 nitrogen and oxygen atoms in total. The Kier molecular flexibility index (Phi) is 8.00. The Morgan fingerprint density at radius 2 is 1.37 bits per heavy atom. The standard InChI is InChI=1S/C23H24N6O5S/c1-16-11-13-29(14-12-16)15-21(30)25-17-7-9-20(10-8-17)35(33,34)28-19-5-3-18(4-6-19)26-27-23(32)22(31)24-2/h3-14H,15H2,1-2H3,(H4-,24,25,26,27,28,30,31,32)/p+1. The van der Waals surface area contributed by atoms with Crippen LogP contribution in [-0.2, 0) is 31.0 Å². The minimum absolute atomic E-state index is 0.0171. The molecule has 3 rings (SSSR count). The highest BCUT2D eigenvalue weighted by atomic mass is 32.2. The van der Waals surface area contributed by atoms with Crippen LogP contribution in [0.25, 0.3) is 0 Å². The first-order valence-electron chi connectivity index (χ1n) is 10.4. The fourth-order valence-corrected chi connectivity index (χ4v) is 3.91. The van der Waals surface area contributed by atoms with Crippen LogP contribution >= 0.6 is 0 Å². The number of benzene rings is 2. The largest absolute Gasteiger partial charge is 0.351 e. The first-order valence-corrected chi connectivity index (χ1v) is 11.9. The summed E-state index contributed by atoms with van der Waals surface area (Å²) in [5.74, 6) is -1.92. The zero-order chi connectivity index (χ0) is 25.4. The van der Waals surface area contributed by atoms with Crippen molar-refractivity contribution in [2.45, 2.75) is 18.4 Å². The van der Waals surface area contributed by atoms with Crippen molar-refractivity contribution in [2.75, 3.05) is 22.5 Å². The number of carbonyl (C=O) groups is 3. The van der Waals surface area contributed by atoms with Gasteiger partial charge < -0.3 is 10.6 Å². The molecule has 182 valence electrons. The van der Waals surface area contributed by atoms with Gasteiger partial charge in [0.15, 0.2) is 12.4 Å². The summed E-state index contributed by atoms with van der Waals surface area (Å²) in [5.41, 5.74) is 7.04. The highest BCUT2D eigenvalue weighted by Crippen LogP contribution is 2.19. The summed E-state index contributed by atoms with van der Waals surface area (Å²) in [5, 5.41) is 4.92. The van der Waals surface area contributed by atoms with Crippen LogP contribution in [-0.4, -0.2) is 33.2 Å². The van der Waals surface area contributed by atoms with Crippen molar-refractivity contribution >= 4 is 44.8 Å². The molecule has 0 saturated heterocycles. The maximum absolute atomic E-state index is 12.7. The molecule has 3 amide bonds. The smallest absolute Gasteiger partial charge is 0.327 e. The summed E-state index contributed by atoms with van der Waals surface area (Å²) < 4.78 is 29.6. The fourth-order valence-electron chi connectivity index (χ4n) is 2.86. The molecule has 0 radical (unpaired) electrons. The topological polar surface area (TPSA) is 149 Å². The van der Waals surface area contributed by atoms with Gasteiger partial charge in [0.05, 0.1) is 10.6 Å². The van der Waals surface area contributed by atoms with E-state index in [-0.39, 0.29) is 17.3 Å². The molecular formula is C23H25N6O5S+. The Labute approximate surface area is 202 Å². The molecule has 0 unspecified atom stereocenters. The van der Waals surface area contributed by atoms with Gasteiger partial charge in [-0.1, -0.05) is 0 Å². The molecule has 3 aromatic rings. The molecule has 35 heavy (non-hydrogen) atoms. The van der Waals surface area contributed by atoms with E-state index in [0.717, 1.165) is 5.56 Å². The van der Waals surface area contributed by atoms with E-state index in [0.29, 0.717) is 17.1 Å². The van der Waals surface area contributed by atoms with E-state index in [9.17, 15) is 22.8 Å². The minimum atomic E-state index is -3.87. The van der Waals surface area contributed by atoms with Crippen LogP contribution in [0.5, 0.6) is 0 Å². The number of rotatable bonds is 8. The van der Waals surface area contributed by atoms with Gasteiger partial charge in [-0.3, -0.25) is 30.0 Å². The highest BCUT2D eigenvalue weighted by Gasteiger charge is 2.16. The zero-order valence-electron chi connectivity index (χ0n) is 19.0. The first kappa shape index (κ1) is 25.2. The number of pyridine rings is 1. The Bertz CT molecular complexity index is 1310. The molecule has 0 bridgehead atoms. The summed E-state index contributed by atoms with van der Waals surface area (Å²) in [6.07, 6.45) is 3.61. The molecular weight excluding hydrogens is 472 g/mol. The number of likely N-dealkylation sites (N-methyl/N-ethyl adjacent to an activating group) is 1. The van der Waals surface area contributed by atoms with E-state index in [1.54, 1.807) is 17.0 Å². The lowest BCUT2D eigenvalue weighted by atomic mass is 10.3. The third-order valence-electron chi connectivity index (χ3n) is 4.72. The quantitative estimate of drug-likeness (QED) is 0.177. The highest BCUT2D eigenvalue weighted by molar-refractivity contribution is 7.92. The number of carbonyl (C=O) groups excluding carboxylic acids is 3. The number of amides is 3. The molecule has 0 spiro atoms. The van der Waals surface area contributed by atoms with Crippen molar-refractivity contribution in [2.24, 2.45) is 0 Å². The number of sulfonamides is 1. The molecule has 0 atom stereocenters. The zero-order valence-corrected chi connectivity index (χ0v) is 19.8. The molecule has 0 saturated carbocycles. The number of hydrazine groups is 1. The van der Waals surface area contributed by atoms with Gasteiger partial charge in [-0.2, -0.15) is 4.57 Å². The average Bonchev–Trinajstić information content (AvgIpc) is 2.84. The van der Waals surface area contributed by atoms with Crippen molar-refractivity contribution in [3.63, 3.8) is 0 Å². The number of anilines is 3. The van der Waals surface area contributed by atoms with Gasteiger partial charge in [0.1, 0.15) is 0 Å². The molecule has 5 N–H and O–H groups in total. The summed E-state index contributed by atoms with van der Waals surface area (Å²) in [6, 6.07) is 15.6. The van der Waals surface area contributed by atoms with Crippen molar-refractivity contribution in [1.29, 1.82) is 0 Å². The lowest BCUT2D eigenvalue weighted by Gasteiger charge is -2.11. The molecule has 0 aliphatic heterocycles. The van der Waals surface area contributed by atoms with Crippen molar-refractivity contribution in [3.8, 4) is 0 Å². The fraction of sp³-hybridized carbons (Fsp3) is 0.130. The van der Waals surface area contributed by atoms with Gasteiger partial charge >= 0.3 is 11.8 Å².